The first-order valence-electron chi connectivity index (χ1n) is 45.0. The van der Waals surface area contributed by atoms with Gasteiger partial charge in [-0.05, 0) is 181 Å². The number of amides is 2. The number of likely N-dealkylation sites (N-methyl/N-ethyl adjacent to an activating group) is 1. The van der Waals surface area contributed by atoms with Gasteiger partial charge in [-0.3, -0.25) is 67.4 Å². The lowest BCUT2D eigenvalue weighted by Crippen LogP contribution is -2.45. The number of fused-ring (bicyclic) bond motifs is 12. The Morgan fingerprint density at radius 3 is 1.14 bits per heavy atom. The van der Waals surface area contributed by atoms with E-state index in [1.54, 1.807) is 64.0 Å². The summed E-state index contributed by atoms with van der Waals surface area (Å²) in [6, 6.07) is 37.7. The number of benzene rings is 5. The first kappa shape index (κ1) is 96.1. The molecule has 13 aromatic rings. The van der Waals surface area contributed by atoms with Crippen LogP contribution < -0.4 is 10.7 Å². The third kappa shape index (κ3) is 21.2. The predicted molar refractivity (Wildman–Crippen MR) is 545 cm³/mol. The van der Waals surface area contributed by atoms with E-state index in [4.69, 9.17) is 54.8 Å². The zero-order chi connectivity index (χ0) is 95.3. The molecule has 4 atom stereocenters. The summed E-state index contributed by atoms with van der Waals surface area (Å²) < 4.78 is 8.25. The van der Waals surface area contributed by atoms with E-state index in [-0.39, 0.29) is 55.2 Å². The van der Waals surface area contributed by atoms with E-state index in [1.165, 1.54) is 41.8 Å². The van der Waals surface area contributed by atoms with Gasteiger partial charge in [-0.15, -0.1) is 86.1 Å². The Morgan fingerprint density at radius 2 is 0.778 bits per heavy atom. The molecule has 6 aliphatic heterocycles. The monoisotopic (exact) mass is 1940 g/mol. The first-order chi connectivity index (χ1) is 64.9. The van der Waals surface area contributed by atoms with Crippen LogP contribution in [0.25, 0.3) is 20.0 Å². The number of nitrogens with one attached hydrogen (secondary N) is 2. The molecule has 135 heavy (non-hydrogen) atoms. The second-order valence-electron chi connectivity index (χ2n) is 34.5. The van der Waals surface area contributed by atoms with Crippen LogP contribution in [0.5, 0.6) is 0 Å². The van der Waals surface area contributed by atoms with Gasteiger partial charge >= 0.3 is 0 Å². The quantitative estimate of drug-likeness (QED) is 0.0362. The van der Waals surface area contributed by atoms with E-state index in [9.17, 15) is 19.2 Å². The molecule has 0 unspecified atom stereocenters. The van der Waals surface area contributed by atoms with Crippen molar-refractivity contribution in [2.24, 2.45) is 35.1 Å². The number of thiophene rings is 4. The predicted octanol–water partition coefficient (Wildman–Crippen LogP) is 19.6. The van der Waals surface area contributed by atoms with Gasteiger partial charge in [0.25, 0.3) is 0 Å². The third-order valence-corrected chi connectivity index (χ3v) is 30.4. The molecule has 2 amide bonds. The van der Waals surface area contributed by atoms with Crippen LogP contribution in [0, 0.1) is 96.9 Å². The molecule has 5 aromatic carbocycles. The summed E-state index contributed by atoms with van der Waals surface area (Å²) in [5.41, 5.74) is 23.1. The number of aromatic nitrogens is 12. The summed E-state index contributed by atoms with van der Waals surface area (Å²) in [6.07, 6.45) is 9.91. The third-order valence-electron chi connectivity index (χ3n) is 24.9. The summed E-state index contributed by atoms with van der Waals surface area (Å²) in [6.45, 7) is 36.9. The van der Waals surface area contributed by atoms with Crippen LogP contribution in [0.4, 0.5) is 0 Å². The fourth-order valence-electron chi connectivity index (χ4n) is 16.9. The van der Waals surface area contributed by atoms with E-state index < -0.39 is 18.1 Å². The molecule has 1 saturated heterocycles. The van der Waals surface area contributed by atoms with Gasteiger partial charge in [0.15, 0.2) is 29.1 Å². The number of carbonyl (C=O) groups excluding carboxylic acids is 4. The molecule has 1 fully saturated rings. The number of hydrogen-bond donors (Lipinski definition) is 2. The van der Waals surface area contributed by atoms with Crippen LogP contribution in [0.1, 0.15) is 226 Å². The highest BCUT2D eigenvalue weighted by Crippen LogP contribution is 2.46. The minimum Gasteiger partial charge on any atom is -0.356 e. The van der Waals surface area contributed by atoms with E-state index in [1.807, 2.05) is 149 Å². The number of halogens is 3. The molecule has 0 radical (unpaired) electrons. The van der Waals surface area contributed by atoms with Gasteiger partial charge in [0.2, 0.25) is 11.8 Å². The molecule has 19 rings (SSSR count). The van der Waals surface area contributed by atoms with E-state index in [0.717, 1.165) is 184 Å². The Hall–Kier alpha value is -12.0. The van der Waals surface area contributed by atoms with Crippen molar-refractivity contribution in [3.8, 4) is 20.0 Å². The minimum absolute atomic E-state index is 0.000689. The van der Waals surface area contributed by atoms with Crippen molar-refractivity contribution in [1.29, 1.82) is 0 Å². The van der Waals surface area contributed by atoms with E-state index in [0.29, 0.717) is 52.5 Å². The second-order valence-corrected chi connectivity index (χ2v) is 40.6. The number of aliphatic imine (C=N–C) groups is 6. The molecule has 8 aromatic heterocycles. The Balaban J connectivity index is 0.000000131. The lowest BCUT2D eigenvalue weighted by Gasteiger charge is -2.32. The van der Waals surface area contributed by atoms with Crippen LogP contribution in [-0.2, 0) is 19.2 Å². The molecule has 6 aliphatic rings. The number of carbonyl (C=O) groups is 4. The fraction of sp³-hybridized carbons (Fsp3) is 0.337. The largest absolute Gasteiger partial charge is 0.356 e. The SMILES string of the molecule is CCC(=O)C[C@@H]1N=C(c2ccc(Cl)cc2)c2c(sc(C)c2C)-n2c(C)nnc21.Cc1ccc(C2=N[C@@H](CC(=O)NCCCN3CCN(C)CC3)c3nnc(C)n3-c3sc(C)c(C)c32)cc1.Cc1ccc(C=NCC(=O)C[C@@H]2N=C(c3ccc(Cl)cc3)c3c(sc(C)c3C)-n3c(C)nnc32)cc1.Cc1sc2c(c1C)C(c1ccc(Cl)cc1)=N[C@@H](CC(=O)N/N=C/C1=NC=CC1)c1nnc(C)n1-2. The van der Waals surface area contributed by atoms with Crippen molar-refractivity contribution >= 4 is 145 Å². The van der Waals surface area contributed by atoms with Gasteiger partial charge in [-0.25, -0.2) is 5.43 Å². The van der Waals surface area contributed by atoms with Gasteiger partial charge in [0.05, 0.1) is 54.2 Å². The van der Waals surface area contributed by atoms with Gasteiger partial charge in [-0.1, -0.05) is 144 Å². The maximum absolute atomic E-state index is 13.1. The highest BCUT2D eigenvalue weighted by molar-refractivity contribution is 7.16. The summed E-state index contributed by atoms with van der Waals surface area (Å²) in [5.74, 6) is 5.80. The Labute approximate surface area is 816 Å². The average Bonchev–Trinajstić information content (AvgIpc) is 1.61. The Morgan fingerprint density at radius 1 is 0.430 bits per heavy atom. The average molecular weight is 1940 g/mol. The van der Waals surface area contributed by atoms with Crippen molar-refractivity contribution in [2.45, 2.75) is 173 Å². The van der Waals surface area contributed by atoms with Crippen LogP contribution in [0.3, 0.4) is 0 Å². The standard InChI is InChI=1S/C28H26ClN5OS.C28H37N7OS.C24H22ClN7OS.C21H21ClN4OS/c1-16-5-7-20(8-6-16)14-30-15-23(35)13-24-27-33-32-19(4)34(27)28-25(17(2)18(3)36-28)26(31-24)21-9-11-22(29)12-10-21;1-18-7-9-22(10-8-18)26-25-19(2)20(3)37-28(25)35-21(4)31-32-27(35)23(30-26)17-24(36)29-11-6-12-34-15-13-33(5)14-16-34;1-13-14(2)34-24-21(13)22(16-6-8-17(25)9-7-16)28-19(23-31-29-15(3)32(23)24)11-20(33)30-27-12-18-5-4-10-26-18;1-5-16(27)10-17-20-25-24-13(4)26(20)21-18(11(2)12(3)28-21)19(23-17)14-6-8-15(22)9-7-14/h5-12,14,24H,13,15H2,1-4H3;7-10,23H,6,11-17H2,1-5H3,(H,29,36);4,6-10,12,19H,5,11H2,1-3H3,(H,30,33);6-9,17H,5,10H2,1-4H3/b;;27-12+;/t24-;23-;19-;17-/m0000/s1. The highest BCUT2D eigenvalue weighted by Gasteiger charge is 2.39. The molecule has 2 N–H and O–H groups in total. The van der Waals surface area contributed by atoms with Gasteiger partial charge < -0.3 is 15.1 Å². The van der Waals surface area contributed by atoms with Crippen LogP contribution in [0.2, 0.25) is 15.1 Å². The highest BCUT2D eigenvalue weighted by atomic mass is 35.5. The van der Waals surface area contributed by atoms with Crippen molar-refractivity contribution in [3.63, 3.8) is 0 Å². The summed E-state index contributed by atoms with van der Waals surface area (Å²) in [7, 11) is 2.17. The lowest BCUT2D eigenvalue weighted by molar-refractivity contribution is -0.122. The number of allylic oxidation sites excluding steroid dienone is 1. The van der Waals surface area contributed by atoms with Crippen molar-refractivity contribution < 1.29 is 19.2 Å². The molecule has 14 heterocycles. The van der Waals surface area contributed by atoms with Crippen LogP contribution in [-0.4, -0.2) is 186 Å². The molecule has 0 bridgehead atoms. The number of hydrazone groups is 1. The maximum Gasteiger partial charge on any atom is 0.242 e. The van der Waals surface area contributed by atoms with Gasteiger partial charge in [-0.2, -0.15) is 5.10 Å². The van der Waals surface area contributed by atoms with Crippen LogP contribution >= 0.6 is 80.1 Å². The zero-order valence-corrected chi connectivity index (χ0v) is 83.9. The van der Waals surface area contributed by atoms with E-state index in [2.05, 4.69) is 184 Å². The zero-order valence-electron chi connectivity index (χ0n) is 78.4. The molecule has 27 nitrogen and oxygen atoms in total. The number of hydrogen-bond acceptors (Lipinski definition) is 25. The normalized spacial score (nSPS) is 16.4. The summed E-state index contributed by atoms with van der Waals surface area (Å²) >= 11 is 25.2. The summed E-state index contributed by atoms with van der Waals surface area (Å²) in [4.78, 5) is 90.0. The molecule has 0 aliphatic carbocycles. The lowest BCUT2D eigenvalue weighted by atomic mass is 9.99. The van der Waals surface area contributed by atoms with Gasteiger partial charge in [0, 0.05) is 150 Å². The Kier molecular flexibility index (Phi) is 29.9. The number of nitrogens with zero attached hydrogens (tertiary/aromatic N) is 21. The maximum atomic E-state index is 13.1. The second kappa shape index (κ2) is 42.1. The number of rotatable bonds is 22. The smallest absolute Gasteiger partial charge is 0.242 e. The number of Topliss-reactive ketones (excluding diaryl/α,β-unsaturated/α-hetero) is 2. The van der Waals surface area contributed by atoms with Gasteiger partial charge in [0.1, 0.15) is 73.3 Å². The van der Waals surface area contributed by atoms with Crippen LogP contribution in [0.15, 0.2) is 169 Å². The summed E-state index contributed by atoms with van der Waals surface area (Å²) in [5, 5.41) is 48.5. The molecule has 34 heteroatoms. The molecule has 0 saturated carbocycles. The number of aryl methyl sites for hydroxylation is 10. The molecule has 694 valence electrons. The first-order valence-corrected chi connectivity index (χ1v) is 49.4. The fourth-order valence-corrected chi connectivity index (χ4v) is 22.1. The number of piperazine rings is 1. The van der Waals surface area contributed by atoms with Crippen molar-refractivity contribution in [2.75, 3.05) is 52.9 Å². The van der Waals surface area contributed by atoms with Crippen molar-refractivity contribution in [1.82, 2.24) is 79.6 Å². The van der Waals surface area contributed by atoms with Crippen molar-refractivity contribution in [3.05, 3.63) is 298 Å². The molecular weight excluding hydrogens is 1830 g/mol. The molecular formula is C101H106Cl3N23O4S4. The molecule has 0 spiro atoms. The minimum atomic E-state index is -0.535. The Bertz CT molecular complexity index is 6920. The van der Waals surface area contributed by atoms with E-state index >= 15 is 0 Å². The topological polar surface area (TPSA) is 308 Å². The number of ketones is 2.